The summed E-state index contributed by atoms with van der Waals surface area (Å²) in [4.78, 5) is 11.9. The van der Waals surface area contributed by atoms with E-state index in [-0.39, 0.29) is 11.9 Å². The minimum Gasteiger partial charge on any atom is -0.352 e. The normalized spacial score (nSPS) is 20.7. The second-order valence-electron chi connectivity index (χ2n) is 5.79. The van der Waals surface area contributed by atoms with Crippen LogP contribution >= 0.6 is 0 Å². The molecule has 0 unspecified atom stereocenters. The van der Waals surface area contributed by atoms with E-state index in [1.54, 1.807) is 0 Å². The van der Waals surface area contributed by atoms with Gasteiger partial charge in [0.05, 0.1) is 6.04 Å². The molecule has 0 aromatic carbocycles. The van der Waals surface area contributed by atoms with E-state index in [1.165, 1.54) is 32.1 Å². The van der Waals surface area contributed by atoms with Gasteiger partial charge in [-0.1, -0.05) is 46.0 Å². The number of hydrogen-bond acceptors (Lipinski definition) is 2. The lowest BCUT2D eigenvalue weighted by Crippen LogP contribution is -2.46. The van der Waals surface area contributed by atoms with Crippen LogP contribution in [-0.2, 0) is 4.79 Å². The molecule has 100 valence electrons. The molecule has 17 heavy (non-hydrogen) atoms. The summed E-state index contributed by atoms with van der Waals surface area (Å²) >= 11 is 0. The van der Waals surface area contributed by atoms with Gasteiger partial charge in [-0.15, -0.1) is 0 Å². The smallest absolute Gasteiger partial charge is 0.237 e. The Morgan fingerprint density at radius 2 is 1.71 bits per heavy atom. The Hall–Kier alpha value is -0.570. The Bertz CT molecular complexity index is 220. The van der Waals surface area contributed by atoms with Crippen molar-refractivity contribution in [3.05, 3.63) is 0 Å². The summed E-state index contributed by atoms with van der Waals surface area (Å²) in [5.41, 5.74) is 5.89. The maximum absolute atomic E-state index is 11.9. The van der Waals surface area contributed by atoms with Gasteiger partial charge < -0.3 is 11.1 Å². The van der Waals surface area contributed by atoms with Gasteiger partial charge >= 0.3 is 0 Å². The molecule has 1 atom stereocenters. The van der Waals surface area contributed by atoms with Crippen molar-refractivity contribution in [1.29, 1.82) is 0 Å². The average Bonchev–Trinajstić information content (AvgIpc) is 2.20. The van der Waals surface area contributed by atoms with E-state index in [4.69, 9.17) is 5.73 Å². The quantitative estimate of drug-likeness (QED) is 0.793. The Morgan fingerprint density at radius 1 is 1.18 bits per heavy atom. The third-order valence-corrected chi connectivity index (χ3v) is 3.51. The maximum Gasteiger partial charge on any atom is 0.237 e. The van der Waals surface area contributed by atoms with Gasteiger partial charge in [0.25, 0.3) is 0 Å². The zero-order valence-corrected chi connectivity index (χ0v) is 11.4. The standard InChI is InChI=1S/C14H28N2O/c1-11(2)10-13(15)14(17)16-12-8-6-4-3-5-7-9-12/h11-13H,3-10,15H2,1-2H3,(H,16,17)/t13-/m0/s1. The molecule has 1 fully saturated rings. The third-order valence-electron chi connectivity index (χ3n) is 3.51. The first-order chi connectivity index (χ1) is 8.09. The van der Waals surface area contributed by atoms with E-state index in [9.17, 15) is 4.79 Å². The van der Waals surface area contributed by atoms with Gasteiger partial charge in [-0.05, 0) is 25.2 Å². The third kappa shape index (κ3) is 6.06. The lowest BCUT2D eigenvalue weighted by Gasteiger charge is -2.23. The molecule has 1 rings (SSSR count). The summed E-state index contributed by atoms with van der Waals surface area (Å²) in [5.74, 6) is 0.525. The first kappa shape index (κ1) is 14.5. The van der Waals surface area contributed by atoms with E-state index in [2.05, 4.69) is 19.2 Å². The summed E-state index contributed by atoms with van der Waals surface area (Å²) in [5, 5.41) is 3.13. The summed E-state index contributed by atoms with van der Waals surface area (Å²) in [7, 11) is 0. The van der Waals surface area contributed by atoms with E-state index in [0.29, 0.717) is 12.0 Å². The Balaban J connectivity index is 2.32. The molecule has 0 aromatic rings. The van der Waals surface area contributed by atoms with Crippen molar-refractivity contribution in [3.63, 3.8) is 0 Å². The SMILES string of the molecule is CC(C)C[C@H](N)C(=O)NC1CCCCCCC1. The second-order valence-corrected chi connectivity index (χ2v) is 5.79. The lowest BCUT2D eigenvalue weighted by atomic mass is 9.96. The summed E-state index contributed by atoms with van der Waals surface area (Å²) in [6, 6.07) is 0.0291. The fourth-order valence-electron chi connectivity index (χ4n) is 2.52. The topological polar surface area (TPSA) is 55.1 Å². The molecule has 3 N–H and O–H groups in total. The van der Waals surface area contributed by atoms with Crippen molar-refractivity contribution >= 4 is 5.91 Å². The maximum atomic E-state index is 11.9. The number of carbonyl (C=O) groups excluding carboxylic acids is 1. The van der Waals surface area contributed by atoms with Crippen LogP contribution in [0.25, 0.3) is 0 Å². The van der Waals surface area contributed by atoms with Gasteiger partial charge in [0.1, 0.15) is 0 Å². The highest BCUT2D eigenvalue weighted by Gasteiger charge is 2.19. The molecule has 0 bridgehead atoms. The van der Waals surface area contributed by atoms with Crippen LogP contribution < -0.4 is 11.1 Å². The Kier molecular flexibility index (Phi) is 6.56. The summed E-state index contributed by atoms with van der Waals surface area (Å²) in [6.45, 7) is 4.20. The molecule has 0 radical (unpaired) electrons. The van der Waals surface area contributed by atoms with Gasteiger partial charge in [0.15, 0.2) is 0 Å². The van der Waals surface area contributed by atoms with Gasteiger partial charge in [0.2, 0.25) is 5.91 Å². The molecule has 0 spiro atoms. The molecule has 0 aliphatic heterocycles. The fraction of sp³-hybridized carbons (Fsp3) is 0.929. The number of amides is 1. The van der Waals surface area contributed by atoms with Crippen LogP contribution in [0.4, 0.5) is 0 Å². The second kappa shape index (κ2) is 7.70. The van der Waals surface area contributed by atoms with Crippen LogP contribution in [0, 0.1) is 5.92 Å². The number of nitrogens with two attached hydrogens (primary N) is 1. The Labute approximate surface area is 106 Å². The molecule has 0 aromatic heterocycles. The molecule has 1 aliphatic rings. The van der Waals surface area contributed by atoms with Crippen molar-refractivity contribution in [2.24, 2.45) is 11.7 Å². The molecule has 0 heterocycles. The lowest BCUT2D eigenvalue weighted by molar-refractivity contribution is -0.123. The molecule has 3 heteroatoms. The summed E-state index contributed by atoms with van der Waals surface area (Å²) < 4.78 is 0. The molecular formula is C14H28N2O. The van der Waals surface area contributed by atoms with Crippen LogP contribution in [0.2, 0.25) is 0 Å². The van der Waals surface area contributed by atoms with Crippen LogP contribution in [-0.4, -0.2) is 18.0 Å². The van der Waals surface area contributed by atoms with Crippen molar-refractivity contribution in [1.82, 2.24) is 5.32 Å². The van der Waals surface area contributed by atoms with Gasteiger partial charge in [0, 0.05) is 6.04 Å². The van der Waals surface area contributed by atoms with E-state index < -0.39 is 0 Å². The highest BCUT2D eigenvalue weighted by molar-refractivity contribution is 5.81. The first-order valence-corrected chi connectivity index (χ1v) is 7.15. The average molecular weight is 240 g/mol. The molecular weight excluding hydrogens is 212 g/mol. The number of carbonyl (C=O) groups is 1. The minimum atomic E-state index is -0.333. The number of rotatable bonds is 4. The van der Waals surface area contributed by atoms with Crippen LogP contribution in [0.15, 0.2) is 0 Å². The van der Waals surface area contributed by atoms with E-state index in [0.717, 1.165) is 19.3 Å². The Morgan fingerprint density at radius 3 is 2.24 bits per heavy atom. The van der Waals surface area contributed by atoms with Crippen LogP contribution in [0.3, 0.4) is 0 Å². The highest BCUT2D eigenvalue weighted by Crippen LogP contribution is 2.17. The summed E-state index contributed by atoms with van der Waals surface area (Å²) in [6.07, 6.45) is 9.48. The van der Waals surface area contributed by atoms with Crippen molar-refractivity contribution in [2.75, 3.05) is 0 Å². The molecule has 1 aliphatic carbocycles. The number of nitrogens with one attached hydrogen (secondary N) is 1. The van der Waals surface area contributed by atoms with E-state index in [1.807, 2.05) is 0 Å². The fourth-order valence-corrected chi connectivity index (χ4v) is 2.52. The molecule has 1 amide bonds. The van der Waals surface area contributed by atoms with Gasteiger partial charge in [-0.25, -0.2) is 0 Å². The monoisotopic (exact) mass is 240 g/mol. The predicted molar refractivity (Wildman–Crippen MR) is 71.7 cm³/mol. The minimum absolute atomic E-state index is 0.0456. The van der Waals surface area contributed by atoms with Crippen molar-refractivity contribution < 1.29 is 4.79 Å². The molecule has 3 nitrogen and oxygen atoms in total. The number of hydrogen-bond donors (Lipinski definition) is 2. The molecule has 1 saturated carbocycles. The highest BCUT2D eigenvalue weighted by atomic mass is 16.2. The first-order valence-electron chi connectivity index (χ1n) is 7.15. The largest absolute Gasteiger partial charge is 0.352 e. The van der Waals surface area contributed by atoms with Crippen molar-refractivity contribution in [2.45, 2.75) is 77.3 Å². The zero-order valence-electron chi connectivity index (χ0n) is 11.4. The molecule has 0 saturated heterocycles. The van der Waals surface area contributed by atoms with Gasteiger partial charge in [-0.2, -0.15) is 0 Å². The van der Waals surface area contributed by atoms with Crippen molar-refractivity contribution in [3.8, 4) is 0 Å². The van der Waals surface area contributed by atoms with Crippen LogP contribution in [0.5, 0.6) is 0 Å². The van der Waals surface area contributed by atoms with E-state index >= 15 is 0 Å². The predicted octanol–water partition coefficient (Wildman–Crippen LogP) is 2.59. The van der Waals surface area contributed by atoms with Crippen LogP contribution in [0.1, 0.15) is 65.2 Å². The zero-order chi connectivity index (χ0) is 12.7. The van der Waals surface area contributed by atoms with Gasteiger partial charge in [-0.3, -0.25) is 4.79 Å².